The van der Waals surface area contributed by atoms with Gasteiger partial charge in [-0.2, -0.15) is 0 Å². The van der Waals surface area contributed by atoms with Crippen LogP contribution < -0.4 is 10.5 Å². The van der Waals surface area contributed by atoms with Crippen molar-refractivity contribution >= 4 is 38.9 Å². The zero-order valence-corrected chi connectivity index (χ0v) is 12.7. The molecule has 0 aliphatic rings. The molecule has 106 valence electrons. The molecule has 0 saturated heterocycles. The second-order valence-electron chi connectivity index (χ2n) is 4.48. The number of amides is 1. The zero-order valence-electron chi connectivity index (χ0n) is 11.1. The van der Waals surface area contributed by atoms with Gasteiger partial charge in [-0.15, -0.1) is 11.3 Å². The molecule has 0 saturated carbocycles. The smallest absolute Gasteiger partial charge is 0.258 e. The summed E-state index contributed by atoms with van der Waals surface area (Å²) >= 11 is 7.17. The fourth-order valence-electron chi connectivity index (χ4n) is 1.96. The van der Waals surface area contributed by atoms with Crippen molar-refractivity contribution in [2.45, 2.75) is 6.92 Å². The summed E-state index contributed by atoms with van der Waals surface area (Å²) < 4.78 is 6.73. The summed E-state index contributed by atoms with van der Waals surface area (Å²) in [4.78, 5) is 16.1. The average molecular weight is 319 g/mol. The monoisotopic (exact) mass is 318 g/mol. The van der Waals surface area contributed by atoms with Crippen molar-refractivity contribution in [3.8, 4) is 11.5 Å². The van der Waals surface area contributed by atoms with E-state index in [1.54, 1.807) is 36.5 Å². The van der Waals surface area contributed by atoms with Crippen molar-refractivity contribution in [3.05, 3.63) is 52.1 Å². The van der Waals surface area contributed by atoms with Crippen LogP contribution in [0.5, 0.6) is 11.5 Å². The number of rotatable bonds is 3. The predicted molar refractivity (Wildman–Crippen MR) is 84.4 cm³/mol. The van der Waals surface area contributed by atoms with Crippen molar-refractivity contribution in [2.75, 3.05) is 0 Å². The van der Waals surface area contributed by atoms with Gasteiger partial charge in [0, 0.05) is 10.4 Å². The molecule has 0 fully saturated rings. The highest BCUT2D eigenvalue weighted by Crippen LogP contribution is 2.36. The molecule has 0 aliphatic heterocycles. The molecule has 0 spiro atoms. The highest BCUT2D eigenvalue weighted by atomic mass is 35.5. The molecular formula is C15H11ClN2O2S. The lowest BCUT2D eigenvalue weighted by Crippen LogP contribution is -2.08. The molecule has 2 aromatic heterocycles. The number of ether oxygens (including phenoxy) is 1. The van der Waals surface area contributed by atoms with Crippen molar-refractivity contribution in [1.82, 2.24) is 4.98 Å². The first-order valence-corrected chi connectivity index (χ1v) is 7.36. The molecule has 6 heteroatoms. The molecule has 1 aromatic carbocycles. The molecule has 2 heterocycles. The summed E-state index contributed by atoms with van der Waals surface area (Å²) in [5, 5.41) is 1.47. The van der Waals surface area contributed by atoms with Crippen LogP contribution in [0.2, 0.25) is 5.02 Å². The van der Waals surface area contributed by atoms with Gasteiger partial charge in [0.1, 0.15) is 5.75 Å². The van der Waals surface area contributed by atoms with Gasteiger partial charge in [0.05, 0.1) is 21.5 Å². The largest absolute Gasteiger partial charge is 0.455 e. The molecule has 3 aromatic rings. The second kappa shape index (κ2) is 5.35. The quantitative estimate of drug-likeness (QED) is 0.789. The fourth-order valence-corrected chi connectivity index (χ4v) is 3.05. The van der Waals surface area contributed by atoms with Gasteiger partial charge in [0.15, 0.2) is 5.75 Å². The number of halogens is 1. The minimum absolute atomic E-state index is 0.451. The van der Waals surface area contributed by atoms with Crippen LogP contribution in [0.1, 0.15) is 15.4 Å². The van der Waals surface area contributed by atoms with Crippen LogP contribution in [0.15, 0.2) is 36.5 Å². The molecule has 3 rings (SSSR count). The highest BCUT2D eigenvalue weighted by molar-refractivity contribution is 7.21. The molecule has 0 unspecified atom stereocenters. The van der Waals surface area contributed by atoms with Gasteiger partial charge >= 0.3 is 0 Å². The van der Waals surface area contributed by atoms with Gasteiger partial charge in [0.25, 0.3) is 5.91 Å². The van der Waals surface area contributed by atoms with E-state index < -0.39 is 5.91 Å². The maximum absolute atomic E-state index is 11.3. The number of benzene rings is 1. The first kappa shape index (κ1) is 13.9. The van der Waals surface area contributed by atoms with Crippen molar-refractivity contribution < 1.29 is 9.53 Å². The molecule has 0 aliphatic carbocycles. The minimum Gasteiger partial charge on any atom is -0.455 e. The minimum atomic E-state index is -0.451. The van der Waals surface area contributed by atoms with E-state index >= 15 is 0 Å². The Morgan fingerprint density at radius 2 is 2.05 bits per heavy atom. The van der Waals surface area contributed by atoms with E-state index in [0.717, 1.165) is 15.8 Å². The van der Waals surface area contributed by atoms with E-state index in [0.29, 0.717) is 21.4 Å². The Labute approximate surface area is 130 Å². The number of pyridine rings is 1. The van der Waals surface area contributed by atoms with E-state index in [9.17, 15) is 4.79 Å². The zero-order chi connectivity index (χ0) is 15.0. The number of aryl methyl sites for hydroxylation is 1. The first-order chi connectivity index (χ1) is 10.0. The lowest BCUT2D eigenvalue weighted by Gasteiger charge is -2.07. The number of thiophene rings is 1. The number of fused-ring (bicyclic) bond motifs is 1. The topological polar surface area (TPSA) is 65.2 Å². The molecular weight excluding hydrogens is 308 g/mol. The number of primary amides is 1. The molecule has 21 heavy (non-hydrogen) atoms. The third kappa shape index (κ3) is 2.70. The van der Waals surface area contributed by atoms with Crippen LogP contribution in [0.3, 0.4) is 0 Å². The first-order valence-electron chi connectivity index (χ1n) is 6.17. The molecule has 0 atom stereocenters. The summed E-state index contributed by atoms with van der Waals surface area (Å²) in [5.41, 5.74) is 6.18. The fraction of sp³-hybridized carbons (Fsp3) is 0.0667. The number of nitrogens with zero attached hydrogens (tertiary/aromatic N) is 1. The predicted octanol–water partition coefficient (Wildman–Crippen LogP) is 4.15. The second-order valence-corrected chi connectivity index (χ2v) is 5.97. The van der Waals surface area contributed by atoms with Crippen LogP contribution in [0.4, 0.5) is 0 Å². The average Bonchev–Trinajstić information content (AvgIpc) is 2.91. The van der Waals surface area contributed by atoms with Crippen LogP contribution in [0.25, 0.3) is 10.1 Å². The van der Waals surface area contributed by atoms with Gasteiger partial charge in [-0.3, -0.25) is 9.78 Å². The number of carbonyl (C=O) groups excluding carboxylic acids is 1. The summed E-state index contributed by atoms with van der Waals surface area (Å²) in [7, 11) is 0. The highest BCUT2D eigenvalue weighted by Gasteiger charge is 2.14. The Hall–Kier alpha value is -2.11. The summed E-state index contributed by atoms with van der Waals surface area (Å²) in [5.74, 6) is 0.785. The van der Waals surface area contributed by atoms with E-state index in [1.165, 1.54) is 11.3 Å². The normalized spacial score (nSPS) is 10.8. The van der Waals surface area contributed by atoms with Crippen LogP contribution >= 0.6 is 22.9 Å². The van der Waals surface area contributed by atoms with E-state index in [2.05, 4.69) is 4.98 Å². The summed E-state index contributed by atoms with van der Waals surface area (Å²) in [6.45, 7) is 1.88. The molecule has 1 amide bonds. The van der Waals surface area contributed by atoms with Gasteiger partial charge in [-0.05, 0) is 37.3 Å². The van der Waals surface area contributed by atoms with E-state index in [1.807, 2.05) is 6.92 Å². The number of aromatic nitrogens is 1. The van der Waals surface area contributed by atoms with Crippen molar-refractivity contribution in [3.63, 3.8) is 0 Å². The Bertz CT molecular complexity index is 828. The molecule has 0 bridgehead atoms. The Morgan fingerprint density at radius 3 is 2.71 bits per heavy atom. The van der Waals surface area contributed by atoms with Crippen molar-refractivity contribution in [2.24, 2.45) is 5.73 Å². The maximum Gasteiger partial charge on any atom is 0.258 e. The molecule has 2 N–H and O–H groups in total. The number of nitrogens with two attached hydrogens (primary N) is 1. The maximum atomic E-state index is 11.3. The summed E-state index contributed by atoms with van der Waals surface area (Å²) in [6, 6.07) is 8.78. The van der Waals surface area contributed by atoms with Crippen LogP contribution in [-0.4, -0.2) is 10.9 Å². The molecule has 4 nitrogen and oxygen atoms in total. The summed E-state index contributed by atoms with van der Waals surface area (Å²) in [6.07, 6.45) is 1.64. The van der Waals surface area contributed by atoms with Crippen LogP contribution in [0, 0.1) is 6.92 Å². The van der Waals surface area contributed by atoms with E-state index in [4.69, 9.17) is 22.1 Å². The SMILES string of the molecule is Cc1ncc(Oc2ccc(Cl)cc2)c2cc(C(N)=O)sc12. The Morgan fingerprint density at radius 1 is 1.33 bits per heavy atom. The number of carbonyl (C=O) groups is 1. The van der Waals surface area contributed by atoms with Crippen molar-refractivity contribution in [1.29, 1.82) is 0 Å². The molecule has 0 radical (unpaired) electrons. The standard InChI is InChI=1S/C15H11ClN2O2S/c1-8-14-11(6-13(21-14)15(17)19)12(7-18-8)20-10-4-2-9(16)3-5-10/h2-7H,1H3,(H2,17,19). The third-order valence-electron chi connectivity index (χ3n) is 2.99. The Kier molecular flexibility index (Phi) is 3.53. The number of hydrogen-bond acceptors (Lipinski definition) is 4. The van der Waals surface area contributed by atoms with Gasteiger partial charge < -0.3 is 10.5 Å². The lowest BCUT2D eigenvalue weighted by molar-refractivity contribution is 0.100. The number of hydrogen-bond donors (Lipinski definition) is 1. The van der Waals surface area contributed by atoms with Crippen LogP contribution in [-0.2, 0) is 0 Å². The van der Waals surface area contributed by atoms with Gasteiger partial charge in [-0.25, -0.2) is 0 Å². The van der Waals surface area contributed by atoms with Gasteiger partial charge in [-0.1, -0.05) is 11.6 Å². The lowest BCUT2D eigenvalue weighted by atomic mass is 10.2. The van der Waals surface area contributed by atoms with E-state index in [-0.39, 0.29) is 0 Å². The van der Waals surface area contributed by atoms with Gasteiger partial charge in [0.2, 0.25) is 0 Å². The Balaban J connectivity index is 2.07. The third-order valence-corrected chi connectivity index (χ3v) is 4.50.